The normalized spacial score (nSPS) is 14.3. The fourth-order valence-electron chi connectivity index (χ4n) is 3.39. The Labute approximate surface area is 152 Å². The van der Waals surface area contributed by atoms with Gasteiger partial charge in [0.15, 0.2) is 10.7 Å². The van der Waals surface area contributed by atoms with Crippen molar-refractivity contribution in [2.75, 3.05) is 10.8 Å². The Kier molecular flexibility index (Phi) is 4.03. The summed E-state index contributed by atoms with van der Waals surface area (Å²) in [6.07, 6.45) is 1.48. The van der Waals surface area contributed by atoms with Crippen LogP contribution in [0.5, 0.6) is 0 Å². The highest BCUT2D eigenvalue weighted by Crippen LogP contribution is 2.34. The Morgan fingerprint density at radius 1 is 1.08 bits per heavy atom. The van der Waals surface area contributed by atoms with Crippen LogP contribution in [0.1, 0.15) is 23.6 Å². The third-order valence-corrected chi connectivity index (χ3v) is 6.64. The van der Waals surface area contributed by atoms with Crippen molar-refractivity contribution in [2.45, 2.75) is 31.6 Å². The first-order valence-electron chi connectivity index (χ1n) is 8.49. The highest BCUT2D eigenvalue weighted by atomic mass is 32.2. The van der Waals surface area contributed by atoms with E-state index < -0.39 is 10.0 Å². The zero-order valence-electron chi connectivity index (χ0n) is 14.6. The van der Waals surface area contributed by atoms with Gasteiger partial charge in [-0.25, -0.2) is 8.42 Å². The number of anilines is 1. The summed E-state index contributed by atoms with van der Waals surface area (Å²) in [6.45, 7) is 3.69. The van der Waals surface area contributed by atoms with Crippen LogP contribution in [-0.2, 0) is 16.4 Å². The first kappa shape index (κ1) is 16.8. The van der Waals surface area contributed by atoms with E-state index in [4.69, 9.17) is 9.51 Å². The molecule has 3 aromatic rings. The van der Waals surface area contributed by atoms with Crippen LogP contribution in [0.3, 0.4) is 0 Å². The molecule has 0 bridgehead atoms. The predicted molar refractivity (Wildman–Crippen MR) is 98.5 cm³/mol. The molecule has 0 amide bonds. The summed E-state index contributed by atoms with van der Waals surface area (Å²) in [6, 6.07) is 13.6. The van der Waals surface area contributed by atoms with Gasteiger partial charge >= 0.3 is 0 Å². The maximum atomic E-state index is 13.2. The van der Waals surface area contributed by atoms with Gasteiger partial charge in [0.2, 0.25) is 0 Å². The third kappa shape index (κ3) is 2.68. The quantitative estimate of drug-likeness (QED) is 0.706. The lowest BCUT2D eigenvalue weighted by atomic mass is 10.1. The van der Waals surface area contributed by atoms with Crippen LogP contribution >= 0.6 is 0 Å². The number of benzene rings is 1. The van der Waals surface area contributed by atoms with E-state index in [1.165, 1.54) is 4.31 Å². The standard InChI is InChI=1S/C19H19N3O3S/c1-13-19(14(2)25-21-13)26(23,24)22-12-6-9-17-18(22)11-10-16(20-17)15-7-4-3-5-8-15/h3-5,7-8,10-11H,6,9,12H2,1-2H3. The van der Waals surface area contributed by atoms with E-state index in [0.717, 1.165) is 29.8 Å². The molecule has 0 radical (unpaired) electrons. The highest BCUT2D eigenvalue weighted by Gasteiger charge is 2.34. The topological polar surface area (TPSA) is 76.3 Å². The minimum atomic E-state index is -3.73. The summed E-state index contributed by atoms with van der Waals surface area (Å²) >= 11 is 0. The zero-order chi connectivity index (χ0) is 18.3. The molecule has 0 N–H and O–H groups in total. The lowest BCUT2D eigenvalue weighted by Gasteiger charge is -2.30. The zero-order valence-corrected chi connectivity index (χ0v) is 15.5. The molecular formula is C19H19N3O3S. The predicted octanol–water partition coefficient (Wildman–Crippen LogP) is 3.49. The Morgan fingerprint density at radius 3 is 2.54 bits per heavy atom. The molecule has 0 saturated heterocycles. The fourth-order valence-corrected chi connectivity index (χ4v) is 5.21. The molecule has 0 aliphatic carbocycles. The highest BCUT2D eigenvalue weighted by molar-refractivity contribution is 7.93. The van der Waals surface area contributed by atoms with Crippen molar-refractivity contribution in [2.24, 2.45) is 0 Å². The number of sulfonamides is 1. The molecule has 0 fully saturated rings. The van der Waals surface area contributed by atoms with Crippen LogP contribution in [0.2, 0.25) is 0 Å². The van der Waals surface area contributed by atoms with E-state index in [2.05, 4.69) is 5.16 Å². The maximum Gasteiger partial charge on any atom is 0.269 e. The van der Waals surface area contributed by atoms with E-state index in [0.29, 0.717) is 23.7 Å². The van der Waals surface area contributed by atoms with E-state index in [1.807, 2.05) is 42.5 Å². The number of aryl methyl sites for hydroxylation is 3. The van der Waals surface area contributed by atoms with Gasteiger partial charge in [-0.1, -0.05) is 35.5 Å². The van der Waals surface area contributed by atoms with Crippen LogP contribution in [0, 0.1) is 13.8 Å². The Balaban J connectivity index is 1.79. The molecule has 134 valence electrons. The van der Waals surface area contributed by atoms with Crippen molar-refractivity contribution in [1.82, 2.24) is 10.1 Å². The first-order valence-corrected chi connectivity index (χ1v) is 9.93. The first-order chi connectivity index (χ1) is 12.5. The summed E-state index contributed by atoms with van der Waals surface area (Å²) in [5, 5.41) is 3.79. The molecule has 1 aromatic carbocycles. The molecule has 7 heteroatoms. The largest absolute Gasteiger partial charge is 0.360 e. The van der Waals surface area contributed by atoms with Gasteiger partial charge in [-0.15, -0.1) is 0 Å². The second-order valence-electron chi connectivity index (χ2n) is 6.36. The summed E-state index contributed by atoms with van der Waals surface area (Å²) in [5.74, 6) is 0.309. The Morgan fingerprint density at radius 2 is 1.85 bits per heavy atom. The molecular weight excluding hydrogens is 350 g/mol. The molecule has 2 aromatic heterocycles. The van der Waals surface area contributed by atoms with Crippen LogP contribution in [0.4, 0.5) is 5.69 Å². The number of aromatic nitrogens is 2. The van der Waals surface area contributed by atoms with E-state index >= 15 is 0 Å². The molecule has 0 atom stereocenters. The number of hydrogen-bond acceptors (Lipinski definition) is 5. The van der Waals surface area contributed by atoms with Crippen molar-refractivity contribution >= 4 is 15.7 Å². The van der Waals surface area contributed by atoms with Gasteiger partial charge in [-0.2, -0.15) is 0 Å². The molecule has 0 saturated carbocycles. The minimum absolute atomic E-state index is 0.150. The summed E-state index contributed by atoms with van der Waals surface area (Å²) in [5.41, 5.74) is 3.68. The van der Waals surface area contributed by atoms with Crippen LogP contribution in [-0.4, -0.2) is 25.1 Å². The number of pyridine rings is 1. The van der Waals surface area contributed by atoms with Crippen molar-refractivity contribution in [1.29, 1.82) is 0 Å². The van der Waals surface area contributed by atoms with Gasteiger partial charge in [-0.3, -0.25) is 9.29 Å². The lowest BCUT2D eigenvalue weighted by Crippen LogP contribution is -2.36. The van der Waals surface area contributed by atoms with E-state index in [9.17, 15) is 8.42 Å². The third-order valence-electron chi connectivity index (χ3n) is 4.58. The van der Waals surface area contributed by atoms with Gasteiger partial charge in [0.1, 0.15) is 5.69 Å². The number of fused-ring (bicyclic) bond motifs is 1. The molecule has 26 heavy (non-hydrogen) atoms. The summed E-state index contributed by atoms with van der Waals surface area (Å²) in [7, 11) is -3.73. The Hall–Kier alpha value is -2.67. The Bertz CT molecular complexity index is 1040. The van der Waals surface area contributed by atoms with Gasteiger partial charge in [0.05, 0.1) is 17.1 Å². The summed E-state index contributed by atoms with van der Waals surface area (Å²) in [4.78, 5) is 4.88. The van der Waals surface area contributed by atoms with Crippen molar-refractivity contribution in [3.05, 3.63) is 59.6 Å². The number of hydrogen-bond donors (Lipinski definition) is 0. The summed E-state index contributed by atoms with van der Waals surface area (Å²) < 4.78 is 32.9. The average molecular weight is 369 g/mol. The van der Waals surface area contributed by atoms with Gasteiger partial charge in [0, 0.05) is 12.1 Å². The second-order valence-corrected chi connectivity index (χ2v) is 8.16. The lowest BCUT2D eigenvalue weighted by molar-refractivity contribution is 0.390. The molecule has 0 unspecified atom stereocenters. The molecule has 3 heterocycles. The average Bonchev–Trinajstić information content (AvgIpc) is 3.00. The fraction of sp³-hybridized carbons (Fsp3) is 0.263. The molecule has 0 spiro atoms. The SMILES string of the molecule is Cc1noc(C)c1S(=O)(=O)N1CCCc2nc(-c3ccccc3)ccc21. The van der Waals surface area contributed by atoms with Gasteiger partial charge in [-0.05, 0) is 38.8 Å². The molecule has 1 aliphatic heterocycles. The van der Waals surface area contributed by atoms with E-state index in [1.54, 1.807) is 13.8 Å². The van der Waals surface area contributed by atoms with Crippen molar-refractivity contribution < 1.29 is 12.9 Å². The van der Waals surface area contributed by atoms with Crippen LogP contribution in [0.15, 0.2) is 51.9 Å². The monoisotopic (exact) mass is 369 g/mol. The molecule has 6 nitrogen and oxygen atoms in total. The number of rotatable bonds is 3. The van der Waals surface area contributed by atoms with E-state index in [-0.39, 0.29) is 4.90 Å². The second kappa shape index (κ2) is 6.25. The number of nitrogens with zero attached hydrogens (tertiary/aromatic N) is 3. The van der Waals surface area contributed by atoms with Crippen LogP contribution < -0.4 is 4.31 Å². The molecule has 4 rings (SSSR count). The molecule has 1 aliphatic rings. The van der Waals surface area contributed by atoms with Crippen molar-refractivity contribution in [3.8, 4) is 11.3 Å². The minimum Gasteiger partial charge on any atom is -0.360 e. The van der Waals surface area contributed by atoms with Gasteiger partial charge in [0.25, 0.3) is 10.0 Å². The van der Waals surface area contributed by atoms with Gasteiger partial charge < -0.3 is 4.52 Å². The maximum absolute atomic E-state index is 13.2. The smallest absolute Gasteiger partial charge is 0.269 e. The van der Waals surface area contributed by atoms with Crippen LogP contribution in [0.25, 0.3) is 11.3 Å². The van der Waals surface area contributed by atoms with Crippen molar-refractivity contribution in [3.63, 3.8) is 0 Å².